The van der Waals surface area contributed by atoms with Crippen LogP contribution in [-0.2, 0) is 6.42 Å². The van der Waals surface area contributed by atoms with Gasteiger partial charge in [0.05, 0.1) is 0 Å². The molecule has 26 heavy (non-hydrogen) atoms. The van der Waals surface area contributed by atoms with Crippen molar-refractivity contribution in [2.75, 3.05) is 0 Å². The second-order valence-electron chi connectivity index (χ2n) is 7.06. The quantitative estimate of drug-likeness (QED) is 0.364. The summed E-state index contributed by atoms with van der Waals surface area (Å²) in [5, 5.41) is 0. The molecule has 2 aliphatic rings. The average molecular weight is 332 g/mol. The lowest BCUT2D eigenvalue weighted by atomic mass is 9.90. The molecular weight excluding hydrogens is 312 g/mol. The molecule has 0 fully saturated rings. The lowest BCUT2D eigenvalue weighted by Crippen LogP contribution is -1.94. The van der Waals surface area contributed by atoms with E-state index in [-0.39, 0.29) is 0 Å². The molecule has 5 rings (SSSR count). The van der Waals surface area contributed by atoms with E-state index in [1.165, 1.54) is 50.1 Å². The van der Waals surface area contributed by atoms with Crippen molar-refractivity contribution in [2.24, 2.45) is 0 Å². The summed E-state index contributed by atoms with van der Waals surface area (Å²) >= 11 is 0. The normalized spacial score (nSPS) is 18.6. The fourth-order valence-corrected chi connectivity index (χ4v) is 4.16. The first-order valence-corrected chi connectivity index (χ1v) is 9.18. The van der Waals surface area contributed by atoms with Gasteiger partial charge in [-0.1, -0.05) is 85.0 Å². The van der Waals surface area contributed by atoms with E-state index < -0.39 is 0 Å². The van der Waals surface area contributed by atoms with Gasteiger partial charge in [-0.2, -0.15) is 0 Å². The van der Waals surface area contributed by atoms with Gasteiger partial charge in [-0.25, -0.2) is 0 Å². The lowest BCUT2D eigenvalue weighted by Gasteiger charge is -2.14. The van der Waals surface area contributed by atoms with Crippen LogP contribution >= 0.6 is 0 Å². The SMILES string of the molecule is Cc1ccccc1C1=C/c2c(ccc3c2Cc2ccccc2-3)/C=C/C=C\1. The summed E-state index contributed by atoms with van der Waals surface area (Å²) in [5.41, 5.74) is 12.2. The highest BCUT2D eigenvalue weighted by atomic mass is 14.3. The van der Waals surface area contributed by atoms with Crippen molar-refractivity contribution >= 4 is 17.7 Å². The van der Waals surface area contributed by atoms with Crippen LogP contribution in [-0.4, -0.2) is 0 Å². The molecule has 0 spiro atoms. The summed E-state index contributed by atoms with van der Waals surface area (Å²) in [4.78, 5) is 0. The molecule has 0 heteroatoms. The van der Waals surface area contributed by atoms with E-state index >= 15 is 0 Å². The zero-order valence-corrected chi connectivity index (χ0v) is 14.9. The first kappa shape index (κ1) is 15.2. The number of fused-ring (bicyclic) bond motifs is 5. The topological polar surface area (TPSA) is 0 Å². The largest absolute Gasteiger partial charge is 0.0620 e. The third-order valence-corrected chi connectivity index (χ3v) is 5.48. The molecule has 0 unspecified atom stereocenters. The number of hydrogen-bond acceptors (Lipinski definition) is 0. The molecule has 0 N–H and O–H groups in total. The van der Waals surface area contributed by atoms with Crippen molar-refractivity contribution in [3.8, 4) is 11.1 Å². The zero-order chi connectivity index (χ0) is 17.5. The molecule has 0 nitrogen and oxygen atoms in total. The minimum atomic E-state index is 1.02. The van der Waals surface area contributed by atoms with E-state index in [4.69, 9.17) is 0 Å². The van der Waals surface area contributed by atoms with Crippen LogP contribution in [0.1, 0.15) is 33.4 Å². The van der Waals surface area contributed by atoms with Crippen molar-refractivity contribution < 1.29 is 0 Å². The minimum absolute atomic E-state index is 1.02. The number of benzene rings is 3. The Morgan fingerprint density at radius 1 is 0.692 bits per heavy atom. The van der Waals surface area contributed by atoms with Crippen LogP contribution in [0.4, 0.5) is 0 Å². The molecule has 0 saturated carbocycles. The molecule has 3 aromatic carbocycles. The minimum Gasteiger partial charge on any atom is -0.0620 e. The monoisotopic (exact) mass is 332 g/mol. The predicted octanol–water partition coefficient (Wildman–Crippen LogP) is 6.69. The fourth-order valence-electron chi connectivity index (χ4n) is 4.16. The smallest absolute Gasteiger partial charge is 0.000728 e. The molecule has 124 valence electrons. The molecule has 0 saturated heterocycles. The third-order valence-electron chi connectivity index (χ3n) is 5.48. The average Bonchev–Trinajstić information content (AvgIpc) is 3.02. The maximum absolute atomic E-state index is 2.38. The van der Waals surface area contributed by atoms with Gasteiger partial charge in [-0.15, -0.1) is 0 Å². The molecule has 0 amide bonds. The van der Waals surface area contributed by atoms with E-state index in [0.717, 1.165) is 6.42 Å². The van der Waals surface area contributed by atoms with Gasteiger partial charge in [0.15, 0.2) is 0 Å². The summed E-state index contributed by atoms with van der Waals surface area (Å²) in [6.07, 6.45) is 12.1. The van der Waals surface area contributed by atoms with Crippen molar-refractivity contribution in [3.05, 3.63) is 112 Å². The van der Waals surface area contributed by atoms with Crippen LogP contribution in [0.25, 0.3) is 28.9 Å². The van der Waals surface area contributed by atoms with Crippen molar-refractivity contribution in [1.82, 2.24) is 0 Å². The first-order chi connectivity index (χ1) is 12.8. The van der Waals surface area contributed by atoms with Crippen LogP contribution in [0, 0.1) is 6.92 Å². The van der Waals surface area contributed by atoms with Crippen molar-refractivity contribution in [3.63, 3.8) is 0 Å². The third kappa shape index (κ3) is 2.38. The standard InChI is InChI=1S/C26H20/c1-18-8-2-6-12-22(18)20-10-4-3-9-19-14-15-24-23-13-7-5-11-21(23)17-26(24)25(19)16-20/h2-16H,17H2,1H3/b4-3?,9-3+,10-4-,19-9?,20-10?,20-16+,25-16?. The Morgan fingerprint density at radius 2 is 1.46 bits per heavy atom. The van der Waals surface area contributed by atoms with E-state index in [1.807, 2.05) is 0 Å². The number of hydrogen-bond donors (Lipinski definition) is 0. The van der Waals surface area contributed by atoms with Gasteiger partial charge in [-0.05, 0) is 69.5 Å². The Morgan fingerprint density at radius 3 is 2.35 bits per heavy atom. The van der Waals surface area contributed by atoms with Gasteiger partial charge in [0.1, 0.15) is 0 Å². The second kappa shape index (κ2) is 6.00. The summed E-state index contributed by atoms with van der Waals surface area (Å²) in [6.45, 7) is 2.19. The van der Waals surface area contributed by atoms with E-state index in [0.29, 0.717) is 0 Å². The van der Waals surface area contributed by atoms with E-state index in [9.17, 15) is 0 Å². The van der Waals surface area contributed by atoms with Crippen LogP contribution in [0.15, 0.2) is 78.9 Å². The Balaban J connectivity index is 1.75. The maximum Gasteiger partial charge on any atom is -0.000728 e. The fraction of sp³-hybridized carbons (Fsp3) is 0.0769. The lowest BCUT2D eigenvalue weighted by molar-refractivity contribution is 1.25. The summed E-state index contributed by atoms with van der Waals surface area (Å²) < 4.78 is 0. The molecule has 3 aromatic rings. The number of rotatable bonds is 1. The predicted molar refractivity (Wildman–Crippen MR) is 112 cm³/mol. The van der Waals surface area contributed by atoms with E-state index in [1.54, 1.807) is 0 Å². The number of allylic oxidation sites excluding steroid dienone is 4. The van der Waals surface area contributed by atoms with Crippen LogP contribution in [0.5, 0.6) is 0 Å². The van der Waals surface area contributed by atoms with Crippen molar-refractivity contribution in [2.45, 2.75) is 13.3 Å². The van der Waals surface area contributed by atoms with Gasteiger partial charge >= 0.3 is 0 Å². The molecule has 0 radical (unpaired) electrons. The van der Waals surface area contributed by atoms with Crippen LogP contribution in [0.2, 0.25) is 0 Å². The number of aryl methyl sites for hydroxylation is 1. The van der Waals surface area contributed by atoms with Crippen molar-refractivity contribution in [1.29, 1.82) is 0 Å². The Kier molecular flexibility index (Phi) is 3.50. The zero-order valence-electron chi connectivity index (χ0n) is 14.9. The molecule has 0 bridgehead atoms. The molecule has 0 atom stereocenters. The second-order valence-corrected chi connectivity index (χ2v) is 7.06. The molecule has 0 aliphatic heterocycles. The summed E-state index contributed by atoms with van der Waals surface area (Å²) in [7, 11) is 0. The highest BCUT2D eigenvalue weighted by Crippen LogP contribution is 2.41. The Hall–Kier alpha value is -3.12. The molecular formula is C26H20. The highest BCUT2D eigenvalue weighted by molar-refractivity contribution is 5.94. The van der Waals surface area contributed by atoms with E-state index in [2.05, 4.69) is 98.0 Å². The highest BCUT2D eigenvalue weighted by Gasteiger charge is 2.21. The van der Waals surface area contributed by atoms with Gasteiger partial charge in [0.2, 0.25) is 0 Å². The van der Waals surface area contributed by atoms with Crippen LogP contribution < -0.4 is 0 Å². The summed E-state index contributed by atoms with van der Waals surface area (Å²) in [6, 6.07) is 22.0. The molecule has 0 heterocycles. The van der Waals surface area contributed by atoms with Gasteiger partial charge in [0.25, 0.3) is 0 Å². The molecule has 2 aliphatic carbocycles. The summed E-state index contributed by atoms with van der Waals surface area (Å²) in [5.74, 6) is 0. The Labute approximate surface area is 154 Å². The van der Waals surface area contributed by atoms with Crippen LogP contribution in [0.3, 0.4) is 0 Å². The van der Waals surface area contributed by atoms with Gasteiger partial charge < -0.3 is 0 Å². The van der Waals surface area contributed by atoms with Gasteiger partial charge in [0, 0.05) is 0 Å². The Bertz CT molecular complexity index is 1110. The van der Waals surface area contributed by atoms with Gasteiger partial charge in [-0.3, -0.25) is 0 Å². The first-order valence-electron chi connectivity index (χ1n) is 9.18. The molecule has 0 aromatic heterocycles. The maximum atomic E-state index is 2.38.